The van der Waals surface area contributed by atoms with Crippen molar-refractivity contribution in [2.75, 3.05) is 31.2 Å². The Morgan fingerprint density at radius 1 is 1.38 bits per heavy atom. The van der Waals surface area contributed by atoms with Crippen LogP contribution in [-0.4, -0.2) is 51.9 Å². The van der Waals surface area contributed by atoms with Crippen LogP contribution in [0.1, 0.15) is 12.8 Å². The van der Waals surface area contributed by atoms with Crippen molar-refractivity contribution in [1.29, 1.82) is 0 Å². The number of ether oxygens (including phenoxy) is 1. The summed E-state index contributed by atoms with van der Waals surface area (Å²) in [6, 6.07) is 0.160. The molecule has 1 atom stereocenters. The van der Waals surface area contributed by atoms with Crippen LogP contribution >= 0.6 is 15.9 Å². The molecule has 1 spiro atoms. The Labute approximate surface area is 130 Å². The van der Waals surface area contributed by atoms with Crippen molar-refractivity contribution in [3.63, 3.8) is 0 Å². The molecule has 4 heterocycles. The van der Waals surface area contributed by atoms with E-state index >= 15 is 0 Å². The highest BCUT2D eigenvalue weighted by atomic mass is 79.9. The van der Waals surface area contributed by atoms with Crippen molar-refractivity contribution in [3.8, 4) is 0 Å². The topological polar surface area (TPSA) is 81.6 Å². The summed E-state index contributed by atoms with van der Waals surface area (Å²) in [5.41, 5.74) is 7.18. The smallest absolute Gasteiger partial charge is 0.212 e. The van der Waals surface area contributed by atoms with Crippen molar-refractivity contribution in [1.82, 2.24) is 19.6 Å². The molecule has 112 valence electrons. The van der Waals surface area contributed by atoms with Crippen molar-refractivity contribution in [2.24, 2.45) is 11.1 Å². The maximum Gasteiger partial charge on any atom is 0.212 e. The number of aromatic nitrogens is 4. The molecule has 0 amide bonds. The van der Waals surface area contributed by atoms with Gasteiger partial charge in [0.05, 0.1) is 17.7 Å². The molecular formula is C13H17BrN6O. The second kappa shape index (κ2) is 4.89. The van der Waals surface area contributed by atoms with Gasteiger partial charge < -0.3 is 15.4 Å². The fourth-order valence-corrected chi connectivity index (χ4v) is 3.73. The molecular weight excluding hydrogens is 336 g/mol. The molecule has 2 aromatic heterocycles. The van der Waals surface area contributed by atoms with Crippen molar-refractivity contribution in [3.05, 3.63) is 17.0 Å². The molecule has 0 bridgehead atoms. The number of piperidine rings is 1. The van der Waals surface area contributed by atoms with E-state index in [1.54, 1.807) is 12.5 Å². The monoisotopic (exact) mass is 352 g/mol. The molecule has 0 saturated carbocycles. The molecule has 7 nitrogen and oxygen atoms in total. The average molecular weight is 353 g/mol. The summed E-state index contributed by atoms with van der Waals surface area (Å²) in [6.45, 7) is 3.34. The van der Waals surface area contributed by atoms with Gasteiger partial charge in [0.25, 0.3) is 0 Å². The van der Waals surface area contributed by atoms with E-state index in [9.17, 15) is 0 Å². The zero-order valence-electron chi connectivity index (χ0n) is 11.6. The molecule has 2 aliphatic heterocycles. The van der Waals surface area contributed by atoms with Gasteiger partial charge in [0, 0.05) is 30.7 Å². The van der Waals surface area contributed by atoms with E-state index in [2.05, 4.69) is 36.0 Å². The summed E-state index contributed by atoms with van der Waals surface area (Å²) < 4.78 is 8.35. The number of halogens is 1. The number of rotatable bonds is 1. The minimum Gasteiger partial charge on any atom is -0.379 e. The Kier molecular flexibility index (Phi) is 3.13. The molecule has 2 saturated heterocycles. The van der Waals surface area contributed by atoms with Crippen molar-refractivity contribution in [2.45, 2.75) is 18.9 Å². The number of nitrogens with zero attached hydrogens (tertiary/aromatic N) is 5. The van der Waals surface area contributed by atoms with Crippen molar-refractivity contribution >= 4 is 27.5 Å². The molecule has 8 heteroatoms. The quantitative estimate of drug-likeness (QED) is 0.818. The zero-order chi connectivity index (χ0) is 14.4. The fraction of sp³-hybridized carbons (Fsp3) is 0.615. The maximum atomic E-state index is 6.23. The predicted molar refractivity (Wildman–Crippen MR) is 81.2 cm³/mol. The SMILES string of the molecule is N[C@@H]1COCC12CCN(c1ncc(Br)c3nncn13)CC2. The van der Waals surface area contributed by atoms with Crippen LogP contribution in [0.15, 0.2) is 17.0 Å². The molecule has 0 aliphatic carbocycles. The Morgan fingerprint density at radius 3 is 2.90 bits per heavy atom. The molecule has 0 radical (unpaired) electrons. The number of hydrogen-bond donors (Lipinski definition) is 1. The minimum atomic E-state index is 0.151. The minimum absolute atomic E-state index is 0.151. The van der Waals surface area contributed by atoms with Gasteiger partial charge in [-0.3, -0.25) is 0 Å². The normalized spacial score (nSPS) is 25.0. The van der Waals surface area contributed by atoms with Crippen LogP contribution in [-0.2, 0) is 4.74 Å². The predicted octanol–water partition coefficient (Wildman–Crippen LogP) is 0.831. The van der Waals surface area contributed by atoms with Crippen LogP contribution < -0.4 is 10.6 Å². The summed E-state index contributed by atoms with van der Waals surface area (Å²) in [4.78, 5) is 6.81. The van der Waals surface area contributed by atoms with Gasteiger partial charge in [0.15, 0.2) is 5.65 Å². The average Bonchev–Trinajstić information content (AvgIpc) is 3.10. The Hall–Kier alpha value is -1.25. The second-order valence-corrected chi connectivity index (χ2v) is 6.76. The number of anilines is 1. The second-order valence-electron chi connectivity index (χ2n) is 5.90. The first-order valence-corrected chi connectivity index (χ1v) is 7.91. The standard InChI is InChI=1S/C13H17BrN6O/c14-9-5-16-12(20-8-17-18-11(9)20)19-3-1-13(2-4-19)7-21-6-10(13)15/h5,8,10H,1-4,6-7,15H2/t10-/m1/s1. The van der Waals surface area contributed by atoms with E-state index in [0.717, 1.165) is 48.6 Å². The van der Waals surface area contributed by atoms with Gasteiger partial charge in [-0.1, -0.05) is 0 Å². The van der Waals surface area contributed by atoms with Gasteiger partial charge in [-0.25, -0.2) is 9.38 Å². The molecule has 2 aliphatic rings. The fourth-order valence-electron chi connectivity index (χ4n) is 3.35. The van der Waals surface area contributed by atoms with Gasteiger partial charge >= 0.3 is 0 Å². The van der Waals surface area contributed by atoms with E-state index < -0.39 is 0 Å². The van der Waals surface area contributed by atoms with Crippen LogP contribution in [0, 0.1) is 5.41 Å². The van der Waals surface area contributed by atoms with Crippen LogP contribution in [0.2, 0.25) is 0 Å². The molecule has 0 aromatic carbocycles. The number of fused-ring (bicyclic) bond motifs is 1. The number of nitrogens with two attached hydrogens (primary N) is 1. The summed E-state index contributed by atoms with van der Waals surface area (Å²) in [7, 11) is 0. The molecule has 2 fully saturated rings. The van der Waals surface area contributed by atoms with Crippen LogP contribution in [0.5, 0.6) is 0 Å². The van der Waals surface area contributed by atoms with E-state index in [0.29, 0.717) is 6.61 Å². The first-order valence-electron chi connectivity index (χ1n) is 7.12. The molecule has 2 aromatic rings. The van der Waals surface area contributed by atoms with Crippen molar-refractivity contribution < 1.29 is 4.74 Å². The Bertz CT molecular complexity index is 666. The molecule has 0 unspecified atom stereocenters. The van der Waals surface area contributed by atoms with E-state index in [1.807, 2.05) is 4.40 Å². The Morgan fingerprint density at radius 2 is 2.19 bits per heavy atom. The lowest BCUT2D eigenvalue weighted by atomic mass is 9.75. The van der Waals surface area contributed by atoms with Crippen LogP contribution in [0.3, 0.4) is 0 Å². The highest BCUT2D eigenvalue weighted by Crippen LogP contribution is 2.39. The third-order valence-corrected chi connectivity index (χ3v) is 5.35. The largest absolute Gasteiger partial charge is 0.379 e. The first-order chi connectivity index (χ1) is 10.2. The van der Waals surface area contributed by atoms with Gasteiger partial charge in [0.2, 0.25) is 5.95 Å². The van der Waals surface area contributed by atoms with Crippen LogP contribution in [0.25, 0.3) is 5.65 Å². The molecule has 4 rings (SSSR count). The van der Waals surface area contributed by atoms with Crippen LogP contribution in [0.4, 0.5) is 5.95 Å². The van der Waals surface area contributed by atoms with Gasteiger partial charge in [-0.2, -0.15) is 0 Å². The van der Waals surface area contributed by atoms with Gasteiger partial charge in [0.1, 0.15) is 6.33 Å². The number of hydrogen-bond acceptors (Lipinski definition) is 6. The molecule has 2 N–H and O–H groups in total. The molecule has 21 heavy (non-hydrogen) atoms. The zero-order valence-corrected chi connectivity index (χ0v) is 13.2. The third-order valence-electron chi connectivity index (χ3n) is 4.79. The highest BCUT2D eigenvalue weighted by molar-refractivity contribution is 9.10. The van der Waals surface area contributed by atoms with Gasteiger partial charge in [-0.15, -0.1) is 10.2 Å². The lowest BCUT2D eigenvalue weighted by molar-refractivity contribution is 0.131. The van der Waals surface area contributed by atoms with Gasteiger partial charge in [-0.05, 0) is 28.8 Å². The lowest BCUT2D eigenvalue weighted by Gasteiger charge is -2.41. The summed E-state index contributed by atoms with van der Waals surface area (Å²) >= 11 is 3.45. The first kappa shape index (κ1) is 13.4. The Balaban J connectivity index is 1.61. The summed E-state index contributed by atoms with van der Waals surface area (Å²) in [5, 5.41) is 8.09. The summed E-state index contributed by atoms with van der Waals surface area (Å²) in [6.07, 6.45) is 5.57. The van der Waals surface area contributed by atoms with E-state index in [4.69, 9.17) is 10.5 Å². The highest BCUT2D eigenvalue weighted by Gasteiger charge is 2.44. The maximum absolute atomic E-state index is 6.23. The van der Waals surface area contributed by atoms with E-state index in [-0.39, 0.29) is 11.5 Å². The lowest BCUT2D eigenvalue weighted by Crippen LogP contribution is -2.49. The third kappa shape index (κ3) is 2.04. The van der Waals surface area contributed by atoms with E-state index in [1.165, 1.54) is 0 Å². The summed E-state index contributed by atoms with van der Waals surface area (Å²) in [5.74, 6) is 0.889.